The third-order valence-electron chi connectivity index (χ3n) is 5.51. The molecule has 4 fully saturated rings. The van der Waals surface area contributed by atoms with E-state index in [1.165, 1.54) is 19.3 Å². The SMILES string of the molecule is O=C(COCCOCCOCCO)OC12CC3CC(CC(C3)C1)C2. The summed E-state index contributed by atoms with van der Waals surface area (Å²) in [4.78, 5) is 12.1. The first-order valence-electron chi connectivity index (χ1n) is 9.25. The molecule has 0 aromatic carbocycles. The van der Waals surface area contributed by atoms with Gasteiger partial charge in [0.25, 0.3) is 0 Å². The Kier molecular flexibility index (Phi) is 6.49. The van der Waals surface area contributed by atoms with E-state index in [4.69, 9.17) is 24.1 Å². The molecular weight excluding hydrogens is 312 g/mol. The molecule has 0 atom stereocenters. The lowest BCUT2D eigenvalue weighted by Crippen LogP contribution is -2.53. The van der Waals surface area contributed by atoms with Crippen LogP contribution in [-0.2, 0) is 23.7 Å². The molecule has 6 nitrogen and oxygen atoms in total. The second-order valence-electron chi connectivity index (χ2n) is 7.58. The number of aliphatic hydroxyl groups excluding tert-OH is 1. The van der Waals surface area contributed by atoms with Crippen LogP contribution in [0.4, 0.5) is 0 Å². The van der Waals surface area contributed by atoms with Crippen molar-refractivity contribution >= 4 is 5.97 Å². The van der Waals surface area contributed by atoms with Crippen molar-refractivity contribution in [2.45, 2.75) is 44.1 Å². The van der Waals surface area contributed by atoms with Crippen LogP contribution in [0.5, 0.6) is 0 Å². The first-order valence-corrected chi connectivity index (χ1v) is 9.25. The van der Waals surface area contributed by atoms with Gasteiger partial charge in [0.15, 0.2) is 0 Å². The third kappa shape index (κ3) is 4.91. The highest BCUT2D eigenvalue weighted by molar-refractivity contribution is 5.71. The molecule has 0 saturated heterocycles. The minimum atomic E-state index is -0.233. The molecule has 0 unspecified atom stereocenters. The summed E-state index contributed by atoms with van der Waals surface area (Å²) >= 11 is 0. The normalized spacial score (nSPS) is 33.8. The van der Waals surface area contributed by atoms with E-state index >= 15 is 0 Å². The van der Waals surface area contributed by atoms with Gasteiger partial charge < -0.3 is 24.1 Å². The van der Waals surface area contributed by atoms with Gasteiger partial charge in [-0.3, -0.25) is 0 Å². The van der Waals surface area contributed by atoms with Crippen LogP contribution in [0.25, 0.3) is 0 Å². The van der Waals surface area contributed by atoms with Crippen molar-refractivity contribution in [2.75, 3.05) is 46.2 Å². The van der Waals surface area contributed by atoms with Gasteiger partial charge in [0.1, 0.15) is 12.2 Å². The summed E-state index contributed by atoms with van der Waals surface area (Å²) in [6.45, 7) is 2.07. The molecule has 4 saturated carbocycles. The molecule has 6 heteroatoms. The molecule has 4 aliphatic rings. The van der Waals surface area contributed by atoms with Gasteiger partial charge in [-0.05, 0) is 56.3 Å². The molecule has 24 heavy (non-hydrogen) atoms. The minimum Gasteiger partial charge on any atom is -0.457 e. The lowest BCUT2D eigenvalue weighted by atomic mass is 9.54. The van der Waals surface area contributed by atoms with E-state index < -0.39 is 0 Å². The molecule has 1 N–H and O–H groups in total. The van der Waals surface area contributed by atoms with E-state index in [0.717, 1.165) is 37.0 Å². The van der Waals surface area contributed by atoms with Crippen LogP contribution >= 0.6 is 0 Å². The van der Waals surface area contributed by atoms with E-state index in [9.17, 15) is 4.79 Å². The molecule has 0 heterocycles. The summed E-state index contributed by atoms with van der Waals surface area (Å²) in [5.41, 5.74) is -0.185. The largest absolute Gasteiger partial charge is 0.457 e. The Bertz CT molecular complexity index is 375. The van der Waals surface area contributed by atoms with E-state index in [2.05, 4.69) is 0 Å². The Balaban J connectivity index is 1.26. The van der Waals surface area contributed by atoms with E-state index in [1.54, 1.807) is 0 Å². The number of hydrogen-bond acceptors (Lipinski definition) is 6. The second kappa shape index (κ2) is 8.61. The van der Waals surface area contributed by atoms with Gasteiger partial charge in [-0.25, -0.2) is 4.79 Å². The van der Waals surface area contributed by atoms with Gasteiger partial charge in [0.05, 0.1) is 39.6 Å². The standard InChI is InChI=1S/C18H30O6/c19-1-2-21-3-4-22-5-6-23-13-17(20)24-18-10-14-7-15(11-18)9-16(8-14)12-18/h14-16,19H,1-13H2. The topological polar surface area (TPSA) is 74.2 Å². The number of aliphatic hydroxyl groups is 1. The van der Waals surface area contributed by atoms with Crippen molar-refractivity contribution in [2.24, 2.45) is 17.8 Å². The van der Waals surface area contributed by atoms with Crippen molar-refractivity contribution < 1.29 is 28.8 Å². The zero-order valence-electron chi connectivity index (χ0n) is 14.4. The fourth-order valence-corrected chi connectivity index (χ4v) is 5.09. The second-order valence-corrected chi connectivity index (χ2v) is 7.58. The van der Waals surface area contributed by atoms with Gasteiger partial charge >= 0.3 is 5.97 Å². The van der Waals surface area contributed by atoms with Gasteiger partial charge in [-0.15, -0.1) is 0 Å². The zero-order chi connectivity index (χ0) is 16.8. The number of hydrogen-bond donors (Lipinski definition) is 1. The average molecular weight is 342 g/mol. The monoisotopic (exact) mass is 342 g/mol. The molecule has 0 radical (unpaired) electrons. The minimum absolute atomic E-state index is 0.00607. The van der Waals surface area contributed by atoms with Crippen LogP contribution in [0.1, 0.15) is 38.5 Å². The molecule has 4 rings (SSSR count). The van der Waals surface area contributed by atoms with Crippen molar-refractivity contribution in [3.63, 3.8) is 0 Å². The predicted octanol–water partition coefficient (Wildman–Crippen LogP) is 1.54. The van der Waals surface area contributed by atoms with Gasteiger partial charge in [0, 0.05) is 0 Å². The first kappa shape index (κ1) is 18.1. The van der Waals surface area contributed by atoms with Crippen LogP contribution in [0, 0.1) is 17.8 Å². The van der Waals surface area contributed by atoms with Crippen LogP contribution in [0.15, 0.2) is 0 Å². The highest BCUT2D eigenvalue weighted by Gasteiger charge is 2.53. The zero-order valence-corrected chi connectivity index (χ0v) is 14.4. The number of carbonyl (C=O) groups excluding carboxylic acids is 1. The molecule has 0 aromatic rings. The summed E-state index contributed by atoms with van der Waals surface area (Å²) < 4.78 is 21.6. The molecule has 138 valence electrons. The van der Waals surface area contributed by atoms with Crippen LogP contribution in [-0.4, -0.2) is 62.9 Å². The quantitative estimate of drug-likeness (QED) is 0.453. The van der Waals surface area contributed by atoms with E-state index in [1.807, 2.05) is 0 Å². The smallest absolute Gasteiger partial charge is 0.332 e. The molecule has 4 aliphatic carbocycles. The lowest BCUT2D eigenvalue weighted by molar-refractivity contribution is -0.191. The maximum atomic E-state index is 12.1. The van der Waals surface area contributed by atoms with Crippen molar-refractivity contribution in [3.05, 3.63) is 0 Å². The Morgan fingerprint density at radius 2 is 1.33 bits per heavy atom. The summed E-state index contributed by atoms with van der Waals surface area (Å²) in [6, 6.07) is 0. The van der Waals surface area contributed by atoms with E-state index in [0.29, 0.717) is 33.0 Å². The van der Waals surface area contributed by atoms with Crippen LogP contribution in [0.2, 0.25) is 0 Å². The number of esters is 1. The maximum Gasteiger partial charge on any atom is 0.332 e. The average Bonchev–Trinajstić information content (AvgIpc) is 2.51. The molecule has 0 aromatic heterocycles. The molecule has 0 amide bonds. The van der Waals surface area contributed by atoms with Gasteiger partial charge in [0.2, 0.25) is 0 Å². The van der Waals surface area contributed by atoms with Crippen molar-refractivity contribution in [1.29, 1.82) is 0 Å². The van der Waals surface area contributed by atoms with E-state index in [-0.39, 0.29) is 24.8 Å². The maximum absolute atomic E-state index is 12.1. The van der Waals surface area contributed by atoms with Crippen LogP contribution in [0.3, 0.4) is 0 Å². The molecular formula is C18H30O6. The van der Waals surface area contributed by atoms with Crippen LogP contribution < -0.4 is 0 Å². The lowest BCUT2D eigenvalue weighted by Gasteiger charge is -2.55. The Morgan fingerprint density at radius 3 is 1.88 bits per heavy atom. The predicted molar refractivity (Wildman–Crippen MR) is 86.5 cm³/mol. The first-order chi connectivity index (χ1) is 11.7. The summed E-state index contributed by atoms with van der Waals surface area (Å²) in [5.74, 6) is 2.08. The Morgan fingerprint density at radius 1 is 0.833 bits per heavy atom. The van der Waals surface area contributed by atoms with Gasteiger partial charge in [-0.2, -0.15) is 0 Å². The highest BCUT2D eigenvalue weighted by Crippen LogP contribution is 2.57. The Labute approximate surface area is 143 Å². The van der Waals surface area contributed by atoms with Crippen molar-refractivity contribution in [1.82, 2.24) is 0 Å². The highest BCUT2D eigenvalue weighted by atomic mass is 16.6. The molecule has 4 bridgehead atoms. The molecule has 0 aliphatic heterocycles. The van der Waals surface area contributed by atoms with Crippen molar-refractivity contribution in [3.8, 4) is 0 Å². The molecule has 0 spiro atoms. The van der Waals surface area contributed by atoms with Gasteiger partial charge in [-0.1, -0.05) is 0 Å². The Hall–Kier alpha value is -0.690. The summed E-state index contributed by atoms with van der Waals surface area (Å²) in [6.07, 6.45) is 7.19. The third-order valence-corrected chi connectivity index (χ3v) is 5.51. The summed E-state index contributed by atoms with van der Waals surface area (Å²) in [7, 11) is 0. The number of ether oxygens (including phenoxy) is 4. The fourth-order valence-electron chi connectivity index (χ4n) is 5.09. The number of carbonyl (C=O) groups is 1. The fraction of sp³-hybridized carbons (Fsp3) is 0.944. The summed E-state index contributed by atoms with van der Waals surface area (Å²) in [5, 5.41) is 8.55. The number of rotatable bonds is 11.